The Kier molecular flexibility index (Phi) is 8.61. The average molecular weight is 335 g/mol. The van der Waals surface area contributed by atoms with Crippen molar-refractivity contribution in [2.45, 2.75) is 46.8 Å². The molecule has 0 spiro atoms. The molecule has 0 aliphatic carbocycles. The van der Waals surface area contributed by atoms with E-state index in [9.17, 15) is 0 Å². The zero-order valence-electron chi connectivity index (χ0n) is 16.0. The fourth-order valence-electron chi connectivity index (χ4n) is 1.91. The standard InChI is InChI=1S/C19H33N3O2/c1-7-20-18(22-14-19(4,5)23-6)21-12-16-10-8-9-11-17(16)24-13-15(2)3/h8-11,15H,7,12-14H2,1-6H3,(H2,20,21,22). The number of benzene rings is 1. The van der Waals surface area contributed by atoms with Gasteiger partial charge in [0.2, 0.25) is 0 Å². The summed E-state index contributed by atoms with van der Waals surface area (Å²) < 4.78 is 11.3. The molecule has 1 aromatic rings. The van der Waals surface area contributed by atoms with E-state index in [1.165, 1.54) is 0 Å². The Balaban J connectivity index is 2.75. The molecule has 0 fully saturated rings. The molecule has 0 saturated heterocycles. The smallest absolute Gasteiger partial charge is 0.191 e. The fraction of sp³-hybridized carbons (Fsp3) is 0.632. The highest BCUT2D eigenvalue weighted by Gasteiger charge is 2.16. The van der Waals surface area contributed by atoms with Crippen LogP contribution in [0, 0.1) is 5.92 Å². The SMILES string of the molecule is CCNC(=NCc1ccccc1OCC(C)C)NCC(C)(C)OC. The van der Waals surface area contributed by atoms with Crippen molar-refractivity contribution >= 4 is 5.96 Å². The number of nitrogens with one attached hydrogen (secondary N) is 2. The topological polar surface area (TPSA) is 54.9 Å². The third-order valence-electron chi connectivity index (χ3n) is 3.53. The number of nitrogens with zero attached hydrogens (tertiary/aromatic N) is 1. The van der Waals surface area contributed by atoms with Crippen LogP contribution in [0.25, 0.3) is 0 Å². The minimum Gasteiger partial charge on any atom is -0.493 e. The minimum atomic E-state index is -0.242. The average Bonchev–Trinajstić information content (AvgIpc) is 2.56. The van der Waals surface area contributed by atoms with Gasteiger partial charge in [-0.3, -0.25) is 0 Å². The van der Waals surface area contributed by atoms with Crippen molar-refractivity contribution in [3.05, 3.63) is 29.8 Å². The molecule has 0 aromatic heterocycles. The largest absolute Gasteiger partial charge is 0.493 e. The van der Waals surface area contributed by atoms with Crippen molar-refractivity contribution in [1.29, 1.82) is 0 Å². The van der Waals surface area contributed by atoms with Gasteiger partial charge in [-0.1, -0.05) is 32.0 Å². The van der Waals surface area contributed by atoms with Crippen molar-refractivity contribution in [3.63, 3.8) is 0 Å². The Morgan fingerprint density at radius 1 is 1.21 bits per heavy atom. The second kappa shape index (κ2) is 10.2. The van der Waals surface area contributed by atoms with Gasteiger partial charge in [-0.25, -0.2) is 4.99 Å². The molecule has 0 amide bonds. The van der Waals surface area contributed by atoms with Gasteiger partial charge in [-0.15, -0.1) is 0 Å². The maximum atomic E-state index is 5.89. The van der Waals surface area contributed by atoms with Crippen molar-refractivity contribution in [3.8, 4) is 5.75 Å². The Labute approximate surface area is 146 Å². The van der Waals surface area contributed by atoms with E-state index >= 15 is 0 Å². The van der Waals surface area contributed by atoms with E-state index in [-0.39, 0.29) is 5.60 Å². The summed E-state index contributed by atoms with van der Waals surface area (Å²) in [7, 11) is 1.72. The molecule has 0 aliphatic heterocycles. The summed E-state index contributed by atoms with van der Waals surface area (Å²) in [6.07, 6.45) is 0. The number of aliphatic imine (C=N–C) groups is 1. The Morgan fingerprint density at radius 2 is 1.92 bits per heavy atom. The Hall–Kier alpha value is -1.75. The van der Waals surface area contributed by atoms with Gasteiger partial charge in [0.05, 0.1) is 18.8 Å². The first-order valence-corrected chi connectivity index (χ1v) is 8.66. The molecular formula is C19H33N3O2. The molecule has 0 unspecified atom stereocenters. The number of rotatable bonds is 9. The number of guanidine groups is 1. The van der Waals surface area contributed by atoms with Gasteiger partial charge in [-0.05, 0) is 32.8 Å². The normalized spacial score (nSPS) is 12.4. The van der Waals surface area contributed by atoms with E-state index in [4.69, 9.17) is 9.47 Å². The first-order valence-electron chi connectivity index (χ1n) is 8.66. The van der Waals surface area contributed by atoms with Crippen LogP contribution in [-0.2, 0) is 11.3 Å². The number of methoxy groups -OCH3 is 1. The zero-order chi connectivity index (χ0) is 18.0. The summed E-state index contributed by atoms with van der Waals surface area (Å²) in [5.41, 5.74) is 0.843. The summed E-state index contributed by atoms with van der Waals surface area (Å²) in [5.74, 6) is 2.18. The predicted octanol–water partition coefficient (Wildman–Crippen LogP) is 3.20. The van der Waals surface area contributed by atoms with Crippen LogP contribution >= 0.6 is 0 Å². The molecular weight excluding hydrogens is 302 g/mol. The second-order valence-electron chi connectivity index (χ2n) is 6.83. The van der Waals surface area contributed by atoms with Gasteiger partial charge in [0.15, 0.2) is 5.96 Å². The van der Waals surface area contributed by atoms with Crippen molar-refractivity contribution in [1.82, 2.24) is 10.6 Å². The van der Waals surface area contributed by atoms with Crippen molar-refractivity contribution in [2.24, 2.45) is 10.9 Å². The molecule has 0 atom stereocenters. The van der Waals surface area contributed by atoms with Crippen LogP contribution in [0.4, 0.5) is 0 Å². The zero-order valence-corrected chi connectivity index (χ0v) is 16.0. The lowest BCUT2D eigenvalue weighted by Gasteiger charge is -2.24. The van der Waals surface area contributed by atoms with Crippen LogP contribution in [0.1, 0.15) is 40.2 Å². The maximum absolute atomic E-state index is 5.89. The lowest BCUT2D eigenvalue weighted by atomic mass is 10.1. The molecule has 5 nitrogen and oxygen atoms in total. The maximum Gasteiger partial charge on any atom is 0.191 e. The quantitative estimate of drug-likeness (QED) is 0.537. The van der Waals surface area contributed by atoms with E-state index < -0.39 is 0 Å². The first kappa shape index (κ1) is 20.3. The highest BCUT2D eigenvalue weighted by molar-refractivity contribution is 5.79. The lowest BCUT2D eigenvalue weighted by molar-refractivity contribution is 0.0268. The molecule has 2 N–H and O–H groups in total. The van der Waals surface area contributed by atoms with Crippen LogP contribution in [0.5, 0.6) is 5.75 Å². The number of hydrogen-bond donors (Lipinski definition) is 2. The van der Waals surface area contributed by atoms with Crippen LogP contribution in [0.2, 0.25) is 0 Å². The monoisotopic (exact) mass is 335 g/mol. The van der Waals surface area contributed by atoms with Crippen LogP contribution in [-0.4, -0.2) is 38.4 Å². The highest BCUT2D eigenvalue weighted by atomic mass is 16.5. The van der Waals surface area contributed by atoms with Gasteiger partial charge < -0.3 is 20.1 Å². The van der Waals surface area contributed by atoms with E-state index in [0.717, 1.165) is 23.8 Å². The van der Waals surface area contributed by atoms with Crippen LogP contribution in [0.15, 0.2) is 29.3 Å². The van der Waals surface area contributed by atoms with E-state index in [2.05, 4.69) is 42.5 Å². The summed E-state index contributed by atoms with van der Waals surface area (Å²) >= 11 is 0. The Morgan fingerprint density at radius 3 is 2.54 bits per heavy atom. The summed E-state index contributed by atoms with van der Waals surface area (Å²) in [6.45, 7) is 13.2. The third-order valence-corrected chi connectivity index (χ3v) is 3.53. The van der Waals surface area contributed by atoms with Gasteiger partial charge in [0.25, 0.3) is 0 Å². The first-order chi connectivity index (χ1) is 11.4. The van der Waals surface area contributed by atoms with E-state index in [0.29, 0.717) is 25.6 Å². The fourth-order valence-corrected chi connectivity index (χ4v) is 1.91. The molecule has 0 bridgehead atoms. The number of ether oxygens (including phenoxy) is 2. The number of para-hydroxylation sites is 1. The van der Waals surface area contributed by atoms with Gasteiger partial charge >= 0.3 is 0 Å². The molecule has 5 heteroatoms. The second-order valence-corrected chi connectivity index (χ2v) is 6.83. The van der Waals surface area contributed by atoms with E-state index in [1.54, 1.807) is 7.11 Å². The van der Waals surface area contributed by atoms with Gasteiger partial charge in [-0.2, -0.15) is 0 Å². The predicted molar refractivity (Wildman–Crippen MR) is 101 cm³/mol. The Bertz CT molecular complexity index is 513. The van der Waals surface area contributed by atoms with Gasteiger partial charge in [0, 0.05) is 25.8 Å². The van der Waals surface area contributed by atoms with Crippen molar-refractivity contribution < 1.29 is 9.47 Å². The highest BCUT2D eigenvalue weighted by Crippen LogP contribution is 2.19. The van der Waals surface area contributed by atoms with Crippen LogP contribution < -0.4 is 15.4 Å². The molecule has 1 rings (SSSR count). The molecule has 0 heterocycles. The summed E-state index contributed by atoms with van der Waals surface area (Å²) in [6, 6.07) is 8.07. The van der Waals surface area contributed by atoms with E-state index in [1.807, 2.05) is 32.0 Å². The summed E-state index contributed by atoms with van der Waals surface area (Å²) in [5, 5.41) is 6.59. The third kappa shape index (κ3) is 7.68. The minimum absolute atomic E-state index is 0.242. The molecule has 1 aromatic carbocycles. The summed E-state index contributed by atoms with van der Waals surface area (Å²) in [4.78, 5) is 4.67. The van der Waals surface area contributed by atoms with Gasteiger partial charge in [0.1, 0.15) is 5.75 Å². The molecule has 136 valence electrons. The molecule has 24 heavy (non-hydrogen) atoms. The molecule has 0 radical (unpaired) electrons. The molecule has 0 saturated carbocycles. The lowest BCUT2D eigenvalue weighted by Crippen LogP contribution is -2.45. The van der Waals surface area contributed by atoms with Crippen LogP contribution in [0.3, 0.4) is 0 Å². The number of hydrogen-bond acceptors (Lipinski definition) is 3. The molecule has 0 aliphatic rings. The van der Waals surface area contributed by atoms with Crippen molar-refractivity contribution in [2.75, 3.05) is 26.8 Å².